The largest absolute Gasteiger partial charge is 0.497 e. The molecule has 0 unspecified atom stereocenters. The highest BCUT2D eigenvalue weighted by Crippen LogP contribution is 2.38. The minimum Gasteiger partial charge on any atom is -0.497 e. The Kier molecular flexibility index (Phi) is 5.64. The van der Waals surface area contributed by atoms with Crippen LogP contribution in [0, 0.1) is 0 Å². The lowest BCUT2D eigenvalue weighted by Crippen LogP contribution is -2.36. The van der Waals surface area contributed by atoms with Crippen LogP contribution in [0.1, 0.15) is 9.67 Å². The maximum absolute atomic E-state index is 13.0. The van der Waals surface area contributed by atoms with Crippen LogP contribution >= 0.6 is 34.5 Å². The molecule has 1 aliphatic rings. The van der Waals surface area contributed by atoms with E-state index in [1.807, 2.05) is 30.3 Å². The third kappa shape index (κ3) is 3.78. The molecule has 4 rings (SSSR count). The third-order valence-corrected chi connectivity index (χ3v) is 6.49. The van der Waals surface area contributed by atoms with E-state index in [-0.39, 0.29) is 5.91 Å². The number of halogens is 2. The Morgan fingerprint density at radius 1 is 1.18 bits per heavy atom. The second-order valence-electron chi connectivity index (χ2n) is 6.32. The molecule has 0 saturated carbocycles. The van der Waals surface area contributed by atoms with E-state index in [4.69, 9.17) is 32.7 Å². The molecule has 1 aromatic heterocycles. The number of methoxy groups -OCH3 is 1. The number of nitrogens with one attached hydrogen (secondary N) is 1. The van der Waals surface area contributed by atoms with Gasteiger partial charge in [0.15, 0.2) is 0 Å². The molecule has 2 heterocycles. The van der Waals surface area contributed by atoms with Crippen LogP contribution in [0.5, 0.6) is 5.75 Å². The van der Waals surface area contributed by atoms with E-state index in [2.05, 4.69) is 10.2 Å². The van der Waals surface area contributed by atoms with Gasteiger partial charge in [-0.15, -0.1) is 11.3 Å². The van der Waals surface area contributed by atoms with Crippen molar-refractivity contribution in [2.45, 2.75) is 0 Å². The van der Waals surface area contributed by atoms with Gasteiger partial charge in [0, 0.05) is 34.3 Å². The van der Waals surface area contributed by atoms with Gasteiger partial charge in [-0.1, -0.05) is 29.3 Å². The summed E-state index contributed by atoms with van der Waals surface area (Å²) in [6, 6.07) is 11.1. The highest BCUT2D eigenvalue weighted by molar-refractivity contribution is 7.21. The zero-order valence-electron chi connectivity index (χ0n) is 15.1. The van der Waals surface area contributed by atoms with Crippen LogP contribution in [0.15, 0.2) is 36.4 Å². The summed E-state index contributed by atoms with van der Waals surface area (Å²) in [5.41, 5.74) is 1.61. The van der Waals surface area contributed by atoms with E-state index in [9.17, 15) is 4.79 Å². The molecule has 2 aromatic carbocycles. The van der Waals surface area contributed by atoms with E-state index >= 15 is 0 Å². The van der Waals surface area contributed by atoms with Crippen molar-refractivity contribution in [3.8, 4) is 5.75 Å². The van der Waals surface area contributed by atoms with Gasteiger partial charge in [0.2, 0.25) is 0 Å². The molecule has 0 spiro atoms. The van der Waals surface area contributed by atoms with Gasteiger partial charge in [-0.2, -0.15) is 0 Å². The second-order valence-corrected chi connectivity index (χ2v) is 8.19. The van der Waals surface area contributed by atoms with Crippen LogP contribution < -0.4 is 15.0 Å². The van der Waals surface area contributed by atoms with Crippen LogP contribution in [0.25, 0.3) is 10.1 Å². The number of ether oxygens (including phenoxy) is 2. The van der Waals surface area contributed by atoms with Gasteiger partial charge in [0.25, 0.3) is 5.91 Å². The monoisotopic (exact) mass is 436 g/mol. The number of morpholine rings is 1. The first kappa shape index (κ1) is 19.3. The lowest BCUT2D eigenvalue weighted by atomic mass is 10.2. The molecular weight excluding hydrogens is 419 g/mol. The van der Waals surface area contributed by atoms with E-state index < -0.39 is 0 Å². The van der Waals surface area contributed by atoms with Crippen LogP contribution in [-0.4, -0.2) is 39.3 Å². The first-order valence-corrected chi connectivity index (χ1v) is 10.3. The summed E-state index contributed by atoms with van der Waals surface area (Å²) in [5.74, 6) is 0.409. The Balaban J connectivity index is 1.68. The predicted molar refractivity (Wildman–Crippen MR) is 116 cm³/mol. The molecule has 1 amide bonds. The number of rotatable bonds is 4. The maximum Gasteiger partial charge on any atom is 0.267 e. The fourth-order valence-corrected chi connectivity index (χ4v) is 4.87. The highest BCUT2D eigenvalue weighted by Gasteiger charge is 2.21. The topological polar surface area (TPSA) is 50.8 Å². The molecule has 0 atom stereocenters. The number of anilines is 2. The van der Waals surface area contributed by atoms with Gasteiger partial charge in [0.1, 0.15) is 10.6 Å². The quantitative estimate of drug-likeness (QED) is 0.602. The molecule has 0 radical (unpaired) electrons. The number of fused-ring (bicyclic) bond motifs is 1. The van der Waals surface area contributed by atoms with Gasteiger partial charge < -0.3 is 19.7 Å². The number of benzene rings is 2. The molecule has 1 saturated heterocycles. The molecule has 0 aliphatic carbocycles. The minimum absolute atomic E-state index is 0.259. The van der Waals surface area contributed by atoms with E-state index in [0.29, 0.717) is 39.6 Å². The standard InChI is InChI=1S/C20H18Cl2N2O3S/c1-26-13-3-5-16(24-6-8-27-9-7-24)15(11-13)23-20(25)19-18(22)14-4-2-12(21)10-17(14)28-19/h2-5,10-11H,6-9H2,1H3,(H,23,25). The summed E-state index contributed by atoms with van der Waals surface area (Å²) in [6.07, 6.45) is 0. The Labute approximate surface area is 176 Å². The highest BCUT2D eigenvalue weighted by atomic mass is 35.5. The second kappa shape index (κ2) is 8.17. The summed E-state index contributed by atoms with van der Waals surface area (Å²) >= 11 is 13.9. The molecule has 0 bridgehead atoms. The fraction of sp³-hybridized carbons (Fsp3) is 0.250. The fourth-order valence-electron chi connectivity index (χ4n) is 3.19. The number of carbonyl (C=O) groups excluding carboxylic acids is 1. The molecule has 1 N–H and O–H groups in total. The predicted octanol–water partition coefficient (Wildman–Crippen LogP) is 5.31. The number of hydrogen-bond donors (Lipinski definition) is 1. The Morgan fingerprint density at radius 2 is 1.96 bits per heavy atom. The smallest absolute Gasteiger partial charge is 0.267 e. The summed E-state index contributed by atoms with van der Waals surface area (Å²) in [5, 5.41) is 4.87. The summed E-state index contributed by atoms with van der Waals surface area (Å²) in [4.78, 5) is 15.7. The van der Waals surface area contributed by atoms with Crippen molar-refractivity contribution in [2.24, 2.45) is 0 Å². The van der Waals surface area contributed by atoms with Crippen molar-refractivity contribution in [3.05, 3.63) is 51.3 Å². The van der Waals surface area contributed by atoms with Crippen molar-refractivity contribution in [2.75, 3.05) is 43.6 Å². The van der Waals surface area contributed by atoms with Crippen molar-refractivity contribution in [1.82, 2.24) is 0 Å². The van der Waals surface area contributed by atoms with E-state index in [1.54, 1.807) is 13.2 Å². The maximum atomic E-state index is 13.0. The van der Waals surface area contributed by atoms with Crippen LogP contribution in [0.2, 0.25) is 10.0 Å². The van der Waals surface area contributed by atoms with Gasteiger partial charge >= 0.3 is 0 Å². The molecule has 8 heteroatoms. The molecule has 3 aromatic rings. The summed E-state index contributed by atoms with van der Waals surface area (Å²) in [6.45, 7) is 2.83. The van der Waals surface area contributed by atoms with Crippen molar-refractivity contribution in [1.29, 1.82) is 0 Å². The molecule has 146 valence electrons. The first-order valence-electron chi connectivity index (χ1n) is 8.76. The first-order chi connectivity index (χ1) is 13.6. The van der Waals surface area contributed by atoms with Gasteiger partial charge in [0.05, 0.1) is 36.7 Å². The zero-order chi connectivity index (χ0) is 19.7. The SMILES string of the molecule is COc1ccc(N2CCOCC2)c(NC(=O)c2sc3cc(Cl)ccc3c2Cl)c1. The van der Waals surface area contributed by atoms with Crippen molar-refractivity contribution < 1.29 is 14.3 Å². The summed E-state index contributed by atoms with van der Waals surface area (Å²) < 4.78 is 11.6. The van der Waals surface area contributed by atoms with Crippen LogP contribution in [0.4, 0.5) is 11.4 Å². The average molecular weight is 437 g/mol. The Morgan fingerprint density at radius 3 is 2.71 bits per heavy atom. The molecule has 1 fully saturated rings. The number of carbonyl (C=O) groups is 1. The van der Waals surface area contributed by atoms with Crippen molar-refractivity contribution in [3.63, 3.8) is 0 Å². The van der Waals surface area contributed by atoms with Gasteiger partial charge in [-0.3, -0.25) is 4.79 Å². The Hall–Kier alpha value is -1.99. The number of nitrogens with zero attached hydrogens (tertiary/aromatic N) is 1. The van der Waals surface area contributed by atoms with Gasteiger partial charge in [-0.25, -0.2) is 0 Å². The Bertz CT molecular complexity index is 1030. The normalized spacial score (nSPS) is 14.3. The lowest BCUT2D eigenvalue weighted by Gasteiger charge is -2.30. The molecule has 5 nitrogen and oxygen atoms in total. The van der Waals surface area contributed by atoms with Gasteiger partial charge in [-0.05, 0) is 24.3 Å². The van der Waals surface area contributed by atoms with E-state index in [0.717, 1.165) is 28.9 Å². The lowest BCUT2D eigenvalue weighted by molar-refractivity contribution is 0.103. The van der Waals surface area contributed by atoms with Crippen LogP contribution in [-0.2, 0) is 4.74 Å². The molecular formula is C20H18Cl2N2O3S. The van der Waals surface area contributed by atoms with Crippen LogP contribution in [0.3, 0.4) is 0 Å². The van der Waals surface area contributed by atoms with E-state index in [1.165, 1.54) is 11.3 Å². The number of amides is 1. The molecule has 28 heavy (non-hydrogen) atoms. The summed E-state index contributed by atoms with van der Waals surface area (Å²) in [7, 11) is 1.60. The number of thiophene rings is 1. The van der Waals surface area contributed by atoms with Crippen molar-refractivity contribution >= 4 is 61.9 Å². The minimum atomic E-state index is -0.259. The zero-order valence-corrected chi connectivity index (χ0v) is 17.5. The number of hydrogen-bond acceptors (Lipinski definition) is 5. The molecule has 1 aliphatic heterocycles. The third-order valence-electron chi connectivity index (χ3n) is 4.60. The average Bonchev–Trinajstić information content (AvgIpc) is 3.04.